The summed E-state index contributed by atoms with van der Waals surface area (Å²) in [6.07, 6.45) is 46.9. The van der Waals surface area contributed by atoms with Crippen LogP contribution in [0.1, 0.15) is 200 Å². The zero-order valence-electron chi connectivity index (χ0n) is 33.8. The second-order valence-electron chi connectivity index (χ2n) is 14.3. The Morgan fingerprint density at radius 2 is 0.981 bits per heavy atom. The molecule has 0 aliphatic heterocycles. The van der Waals surface area contributed by atoms with E-state index in [1.807, 2.05) is 6.08 Å². The van der Waals surface area contributed by atoms with Crippen molar-refractivity contribution < 1.29 is 32.8 Å². The van der Waals surface area contributed by atoms with E-state index in [1.54, 1.807) is 6.26 Å². The van der Waals surface area contributed by atoms with E-state index in [2.05, 4.69) is 38.2 Å². The van der Waals surface area contributed by atoms with E-state index in [-0.39, 0.29) is 32.3 Å². The Morgan fingerprint density at radius 3 is 1.42 bits per heavy atom. The molecule has 1 unspecified atom stereocenters. The van der Waals surface area contributed by atoms with Crippen LogP contribution in [0.5, 0.6) is 0 Å². The molecule has 0 rings (SSSR count). The first-order valence-electron chi connectivity index (χ1n) is 21.5. The molecule has 3 N–H and O–H groups in total. The molecule has 8 nitrogen and oxygen atoms in total. The van der Waals surface area contributed by atoms with Crippen LogP contribution >= 0.6 is 7.82 Å². The average molecular weight is 756 g/mol. The minimum absolute atomic E-state index is 0.0696. The highest BCUT2D eigenvalue weighted by atomic mass is 31.2. The van der Waals surface area contributed by atoms with E-state index >= 15 is 0 Å². The van der Waals surface area contributed by atoms with Crippen LogP contribution in [-0.2, 0) is 27.9 Å². The summed E-state index contributed by atoms with van der Waals surface area (Å²) in [6, 6.07) is 0. The minimum Gasteiger partial charge on any atom is -0.492 e. The molecule has 0 heterocycles. The molecule has 306 valence electrons. The highest BCUT2D eigenvalue weighted by molar-refractivity contribution is 7.47. The van der Waals surface area contributed by atoms with Gasteiger partial charge in [0, 0.05) is 13.0 Å². The number of phosphoric ester groups is 1. The number of phosphoric acid groups is 1. The fraction of sp³-hybridized carbons (Fsp3) is 0.837. The van der Waals surface area contributed by atoms with E-state index < -0.39 is 13.9 Å². The highest BCUT2D eigenvalue weighted by Gasteiger charge is 2.24. The van der Waals surface area contributed by atoms with Gasteiger partial charge in [0.15, 0.2) is 6.10 Å². The topological polar surface area (TPSA) is 117 Å². The molecule has 9 heteroatoms. The van der Waals surface area contributed by atoms with Gasteiger partial charge in [0.1, 0.15) is 6.61 Å². The minimum atomic E-state index is -4.27. The van der Waals surface area contributed by atoms with Crippen molar-refractivity contribution >= 4 is 13.8 Å². The van der Waals surface area contributed by atoms with Gasteiger partial charge in [-0.25, -0.2) is 4.57 Å². The van der Waals surface area contributed by atoms with Crippen LogP contribution < -0.4 is 5.73 Å². The third-order valence-corrected chi connectivity index (χ3v) is 10.1. The first-order chi connectivity index (χ1) is 25.4. The molecule has 0 saturated carbocycles. The van der Waals surface area contributed by atoms with Crippen molar-refractivity contribution in [3.63, 3.8) is 0 Å². The lowest BCUT2D eigenvalue weighted by Crippen LogP contribution is -2.25. The molecule has 0 aromatic heterocycles. The molecule has 2 atom stereocenters. The molecule has 0 aliphatic carbocycles. The van der Waals surface area contributed by atoms with Gasteiger partial charge in [-0.3, -0.25) is 13.8 Å². The van der Waals surface area contributed by atoms with Gasteiger partial charge in [0.05, 0.1) is 19.5 Å². The van der Waals surface area contributed by atoms with Gasteiger partial charge in [0.2, 0.25) is 0 Å². The maximum absolute atomic E-state index is 12.4. The van der Waals surface area contributed by atoms with Crippen LogP contribution in [-0.4, -0.2) is 43.3 Å². The lowest BCUT2D eigenvalue weighted by molar-refractivity contribution is -0.147. The number of allylic oxidation sites excluding steroid dienone is 5. The number of carbonyl (C=O) groups excluding carboxylic acids is 1. The Balaban J connectivity index is 4.09. The third kappa shape index (κ3) is 39.8. The van der Waals surface area contributed by atoms with Crippen molar-refractivity contribution in [2.24, 2.45) is 5.73 Å². The molecule has 0 aliphatic rings. The number of unbranched alkanes of at least 4 members (excludes halogenated alkanes) is 24. The quantitative estimate of drug-likeness (QED) is 0.0208. The van der Waals surface area contributed by atoms with Gasteiger partial charge in [-0.15, -0.1) is 0 Å². The molecule has 0 radical (unpaired) electrons. The van der Waals surface area contributed by atoms with Gasteiger partial charge >= 0.3 is 13.8 Å². The predicted molar refractivity (Wildman–Crippen MR) is 219 cm³/mol. The number of esters is 1. The van der Waals surface area contributed by atoms with E-state index in [9.17, 15) is 14.3 Å². The van der Waals surface area contributed by atoms with E-state index in [0.29, 0.717) is 6.42 Å². The largest absolute Gasteiger partial charge is 0.492 e. The molecule has 52 heavy (non-hydrogen) atoms. The molecule has 0 aromatic carbocycles. The number of hydrogen-bond donors (Lipinski definition) is 2. The number of rotatable bonds is 41. The Kier molecular flexibility index (Phi) is 39.6. The number of carbonyl (C=O) groups is 1. The number of ether oxygens (including phenoxy) is 2. The van der Waals surface area contributed by atoms with E-state index in [0.717, 1.165) is 44.9 Å². The number of nitrogens with two attached hydrogens (primary N) is 1. The third-order valence-electron chi connectivity index (χ3n) is 9.12. The second kappa shape index (κ2) is 40.7. The maximum atomic E-state index is 12.4. The second-order valence-corrected chi connectivity index (χ2v) is 15.7. The van der Waals surface area contributed by atoms with Crippen molar-refractivity contribution in [3.8, 4) is 0 Å². The molecule has 0 saturated heterocycles. The van der Waals surface area contributed by atoms with Crippen molar-refractivity contribution in [2.75, 3.05) is 26.4 Å². The Morgan fingerprint density at radius 1 is 0.577 bits per heavy atom. The Labute approximate surface area is 320 Å². The van der Waals surface area contributed by atoms with E-state index in [1.165, 1.54) is 135 Å². The monoisotopic (exact) mass is 756 g/mol. The van der Waals surface area contributed by atoms with Gasteiger partial charge in [-0.1, -0.05) is 147 Å². The molecule has 0 aromatic rings. The van der Waals surface area contributed by atoms with E-state index in [4.69, 9.17) is 24.3 Å². The summed E-state index contributed by atoms with van der Waals surface area (Å²) in [5, 5.41) is 0. The molecular weight excluding hydrogens is 673 g/mol. The predicted octanol–water partition coefficient (Wildman–Crippen LogP) is 13.0. The normalized spacial score (nSPS) is 13.8. The van der Waals surface area contributed by atoms with Crippen LogP contribution in [0.2, 0.25) is 0 Å². The van der Waals surface area contributed by atoms with Crippen molar-refractivity contribution in [2.45, 2.75) is 206 Å². The van der Waals surface area contributed by atoms with Crippen LogP contribution in [0, 0.1) is 0 Å². The van der Waals surface area contributed by atoms with Crippen LogP contribution in [0.25, 0.3) is 0 Å². The zero-order chi connectivity index (χ0) is 38.1. The Bertz CT molecular complexity index is 895. The van der Waals surface area contributed by atoms with Crippen molar-refractivity contribution in [1.82, 2.24) is 0 Å². The zero-order valence-corrected chi connectivity index (χ0v) is 34.7. The molecular formula is C43H82NO7P. The lowest BCUT2D eigenvalue weighted by Gasteiger charge is -2.19. The first kappa shape index (κ1) is 50.6. The first-order valence-corrected chi connectivity index (χ1v) is 23.0. The lowest BCUT2D eigenvalue weighted by atomic mass is 10.1. The SMILES string of the molecule is CCCCCCCC/C=C\CCCCCC/C=C\O[C@H](COC(=O)CCCCCCCCC/C=C\CCCCCCCC)COP(=O)(O)OCCN. The smallest absolute Gasteiger partial charge is 0.472 e. The molecule has 0 bridgehead atoms. The van der Waals surface area contributed by atoms with Crippen molar-refractivity contribution in [1.29, 1.82) is 0 Å². The molecule has 0 spiro atoms. The van der Waals surface area contributed by atoms with Crippen molar-refractivity contribution in [3.05, 3.63) is 36.6 Å². The fourth-order valence-electron chi connectivity index (χ4n) is 5.85. The van der Waals surface area contributed by atoms with Crippen LogP contribution in [0.3, 0.4) is 0 Å². The summed E-state index contributed by atoms with van der Waals surface area (Å²) in [5.41, 5.74) is 5.36. The van der Waals surface area contributed by atoms with Gasteiger partial charge < -0.3 is 20.1 Å². The summed E-state index contributed by atoms with van der Waals surface area (Å²) < 4.78 is 33.2. The van der Waals surface area contributed by atoms with Crippen LogP contribution in [0.4, 0.5) is 0 Å². The maximum Gasteiger partial charge on any atom is 0.472 e. The van der Waals surface area contributed by atoms with Gasteiger partial charge in [0.25, 0.3) is 0 Å². The summed E-state index contributed by atoms with van der Waals surface area (Å²) in [4.78, 5) is 22.3. The molecule has 0 amide bonds. The van der Waals surface area contributed by atoms with Gasteiger partial charge in [-0.2, -0.15) is 0 Å². The fourth-order valence-corrected chi connectivity index (χ4v) is 6.62. The summed E-state index contributed by atoms with van der Waals surface area (Å²) >= 11 is 0. The average Bonchev–Trinajstić information content (AvgIpc) is 3.14. The summed E-state index contributed by atoms with van der Waals surface area (Å²) in [7, 11) is -4.27. The summed E-state index contributed by atoms with van der Waals surface area (Å²) in [5.74, 6) is -0.297. The molecule has 0 fully saturated rings. The summed E-state index contributed by atoms with van der Waals surface area (Å²) in [6.45, 7) is 4.20. The highest BCUT2D eigenvalue weighted by Crippen LogP contribution is 2.43. The van der Waals surface area contributed by atoms with Gasteiger partial charge in [-0.05, 0) is 76.7 Å². The number of hydrogen-bond acceptors (Lipinski definition) is 7. The standard InChI is InChI=1S/C43H82NO7P/c1-3-5-7-9-11-13-15-17-19-21-22-24-26-28-30-32-34-36-43(45)49-40-42(41-51-52(46,47)50-39-37-44)48-38-35-33-31-29-27-25-23-20-18-16-14-12-10-8-6-4-2/h17-20,35,38,42H,3-16,21-34,36-37,39-41,44H2,1-2H3,(H,46,47)/b19-17-,20-18-,38-35-/t42-/m1/s1. The Hall–Kier alpha value is -1.44. The van der Waals surface area contributed by atoms with Crippen LogP contribution in [0.15, 0.2) is 36.6 Å².